The van der Waals surface area contributed by atoms with Gasteiger partial charge in [0.1, 0.15) is 5.82 Å². The Morgan fingerprint density at radius 1 is 1.00 bits per heavy atom. The van der Waals surface area contributed by atoms with Crippen molar-refractivity contribution in [1.29, 1.82) is 5.26 Å². The number of benzene rings is 3. The molecule has 1 aromatic heterocycles. The number of halogens is 1. The molecule has 0 unspecified atom stereocenters. The first-order valence-electron chi connectivity index (χ1n) is 11.5. The highest BCUT2D eigenvalue weighted by Gasteiger charge is 2.14. The number of hydrogen-bond acceptors (Lipinski definition) is 3. The van der Waals surface area contributed by atoms with Crippen LogP contribution in [-0.2, 0) is 19.4 Å². The summed E-state index contributed by atoms with van der Waals surface area (Å²) >= 11 is 0. The molecule has 4 rings (SSSR count). The summed E-state index contributed by atoms with van der Waals surface area (Å²) in [4.78, 5) is 18.1. The Hall–Kier alpha value is -4.04. The molecule has 4 aromatic rings. The summed E-state index contributed by atoms with van der Waals surface area (Å²) in [6.07, 6.45) is 4.66. The second kappa shape index (κ2) is 10.7. The van der Waals surface area contributed by atoms with Crippen molar-refractivity contribution in [2.45, 2.75) is 39.2 Å². The number of nitrogens with zero attached hydrogens (tertiary/aromatic N) is 3. The van der Waals surface area contributed by atoms with E-state index >= 15 is 0 Å². The largest absolute Gasteiger partial charge is 0.295 e. The Balaban J connectivity index is 1.70. The minimum absolute atomic E-state index is 0.101. The summed E-state index contributed by atoms with van der Waals surface area (Å²) < 4.78 is 14.8. The van der Waals surface area contributed by atoms with Crippen LogP contribution in [0.2, 0.25) is 0 Å². The van der Waals surface area contributed by atoms with Gasteiger partial charge in [0, 0.05) is 12.0 Å². The van der Waals surface area contributed by atoms with Crippen molar-refractivity contribution in [1.82, 2.24) is 9.55 Å². The van der Waals surface area contributed by atoms with Crippen LogP contribution in [0, 0.1) is 17.1 Å². The van der Waals surface area contributed by atoms with Gasteiger partial charge < -0.3 is 0 Å². The molecule has 170 valence electrons. The molecule has 0 bridgehead atoms. The lowest BCUT2D eigenvalue weighted by molar-refractivity contribution is 0.625. The fourth-order valence-corrected chi connectivity index (χ4v) is 4.07. The Morgan fingerprint density at radius 2 is 1.74 bits per heavy atom. The van der Waals surface area contributed by atoms with E-state index in [0.717, 1.165) is 47.2 Å². The van der Waals surface area contributed by atoms with E-state index in [-0.39, 0.29) is 11.4 Å². The van der Waals surface area contributed by atoms with Gasteiger partial charge in [-0.3, -0.25) is 9.36 Å². The van der Waals surface area contributed by atoms with E-state index in [1.807, 2.05) is 48.5 Å². The average molecular weight is 452 g/mol. The zero-order valence-corrected chi connectivity index (χ0v) is 19.2. The Labute approximate surface area is 199 Å². The summed E-state index contributed by atoms with van der Waals surface area (Å²) in [7, 11) is 0. The van der Waals surface area contributed by atoms with Crippen molar-refractivity contribution >= 4 is 0 Å². The SMILES string of the molecule is CCCCc1ncn(Cc2ccc(F)cc2)c(=O)c1Cc1ccc(-c2ccccc2)c(C#N)c1. The molecule has 0 aliphatic carbocycles. The Bertz CT molecular complexity index is 1370. The van der Waals surface area contributed by atoms with Gasteiger partial charge in [0.25, 0.3) is 5.56 Å². The maximum atomic E-state index is 13.5. The lowest BCUT2D eigenvalue weighted by Gasteiger charge is -2.13. The molecule has 0 radical (unpaired) electrons. The van der Waals surface area contributed by atoms with Gasteiger partial charge in [-0.1, -0.05) is 67.9 Å². The third-order valence-corrected chi connectivity index (χ3v) is 5.92. The lowest BCUT2D eigenvalue weighted by Crippen LogP contribution is -2.27. The van der Waals surface area contributed by atoms with Gasteiger partial charge in [0.05, 0.1) is 30.2 Å². The van der Waals surface area contributed by atoms with Crippen LogP contribution in [0.5, 0.6) is 0 Å². The monoisotopic (exact) mass is 451 g/mol. The lowest BCUT2D eigenvalue weighted by atomic mass is 9.95. The van der Waals surface area contributed by atoms with Gasteiger partial charge in [0.15, 0.2) is 0 Å². The van der Waals surface area contributed by atoms with E-state index in [0.29, 0.717) is 24.1 Å². The van der Waals surface area contributed by atoms with E-state index in [1.54, 1.807) is 23.0 Å². The number of nitriles is 1. The number of rotatable bonds is 8. The quantitative estimate of drug-likeness (QED) is 0.335. The summed E-state index contributed by atoms with van der Waals surface area (Å²) in [5, 5.41) is 9.77. The minimum atomic E-state index is -0.308. The standard InChI is InChI=1S/C29H26FN3O/c1-2-3-9-28-27(29(34)33(20-32-28)19-21-10-13-25(30)14-11-21)17-22-12-15-26(24(16-22)18-31)23-7-5-4-6-8-23/h4-8,10-16,20H,2-3,9,17,19H2,1H3. The molecule has 3 aromatic carbocycles. The molecule has 0 amide bonds. The van der Waals surface area contributed by atoms with E-state index in [2.05, 4.69) is 18.0 Å². The van der Waals surface area contributed by atoms with Crippen molar-refractivity contribution in [3.8, 4) is 17.2 Å². The van der Waals surface area contributed by atoms with Gasteiger partial charge in [-0.2, -0.15) is 5.26 Å². The average Bonchev–Trinajstić information content (AvgIpc) is 2.87. The third kappa shape index (κ3) is 5.29. The highest BCUT2D eigenvalue weighted by atomic mass is 19.1. The molecule has 0 aliphatic heterocycles. The van der Waals surface area contributed by atoms with Crippen LogP contribution < -0.4 is 5.56 Å². The molecule has 0 spiro atoms. The second-order valence-corrected chi connectivity index (χ2v) is 8.37. The normalized spacial score (nSPS) is 10.7. The van der Waals surface area contributed by atoms with Crippen LogP contribution in [0.25, 0.3) is 11.1 Å². The highest BCUT2D eigenvalue weighted by Crippen LogP contribution is 2.25. The van der Waals surface area contributed by atoms with Gasteiger partial charge >= 0.3 is 0 Å². The van der Waals surface area contributed by atoms with Gasteiger partial charge in [-0.25, -0.2) is 9.37 Å². The molecule has 4 nitrogen and oxygen atoms in total. The molecule has 34 heavy (non-hydrogen) atoms. The van der Waals surface area contributed by atoms with Crippen LogP contribution in [-0.4, -0.2) is 9.55 Å². The van der Waals surface area contributed by atoms with Crippen LogP contribution >= 0.6 is 0 Å². The topological polar surface area (TPSA) is 58.7 Å². The first-order chi connectivity index (χ1) is 16.6. The molecule has 0 saturated heterocycles. The van der Waals surface area contributed by atoms with Gasteiger partial charge in [-0.15, -0.1) is 0 Å². The number of aryl methyl sites for hydroxylation is 1. The van der Waals surface area contributed by atoms with Crippen molar-refractivity contribution in [2.24, 2.45) is 0 Å². The number of aromatic nitrogens is 2. The van der Waals surface area contributed by atoms with Crippen molar-refractivity contribution in [3.05, 3.63) is 123 Å². The van der Waals surface area contributed by atoms with Crippen molar-refractivity contribution in [2.75, 3.05) is 0 Å². The van der Waals surface area contributed by atoms with Crippen LogP contribution in [0.15, 0.2) is 83.9 Å². The zero-order valence-electron chi connectivity index (χ0n) is 19.2. The summed E-state index contributed by atoms with van der Waals surface area (Å²) in [5.41, 5.74) is 5.51. The van der Waals surface area contributed by atoms with E-state index in [1.165, 1.54) is 12.1 Å². The summed E-state index contributed by atoms with van der Waals surface area (Å²) in [6.45, 7) is 2.43. The summed E-state index contributed by atoms with van der Waals surface area (Å²) in [6, 6.07) is 24.0. The molecular weight excluding hydrogens is 425 g/mol. The predicted octanol–water partition coefficient (Wildman–Crippen LogP) is 5.90. The van der Waals surface area contributed by atoms with Gasteiger partial charge in [-0.05, 0) is 53.3 Å². The first kappa shape index (κ1) is 23.1. The summed E-state index contributed by atoms with van der Waals surface area (Å²) in [5.74, 6) is -0.308. The van der Waals surface area contributed by atoms with Crippen LogP contribution in [0.3, 0.4) is 0 Å². The fourth-order valence-electron chi connectivity index (χ4n) is 4.07. The van der Waals surface area contributed by atoms with Crippen molar-refractivity contribution in [3.63, 3.8) is 0 Å². The highest BCUT2D eigenvalue weighted by molar-refractivity contribution is 5.71. The minimum Gasteiger partial charge on any atom is -0.295 e. The second-order valence-electron chi connectivity index (χ2n) is 8.37. The fraction of sp³-hybridized carbons (Fsp3) is 0.207. The first-order valence-corrected chi connectivity index (χ1v) is 11.5. The number of unbranched alkanes of at least 4 members (excludes halogenated alkanes) is 1. The predicted molar refractivity (Wildman–Crippen MR) is 132 cm³/mol. The third-order valence-electron chi connectivity index (χ3n) is 5.92. The Morgan fingerprint density at radius 3 is 2.44 bits per heavy atom. The maximum Gasteiger partial charge on any atom is 0.257 e. The van der Waals surface area contributed by atoms with E-state index < -0.39 is 0 Å². The Kier molecular flexibility index (Phi) is 7.29. The van der Waals surface area contributed by atoms with E-state index in [9.17, 15) is 14.4 Å². The molecule has 5 heteroatoms. The molecule has 0 saturated carbocycles. The molecule has 0 N–H and O–H groups in total. The molecular formula is C29H26FN3O. The van der Waals surface area contributed by atoms with Crippen LogP contribution in [0.4, 0.5) is 4.39 Å². The van der Waals surface area contributed by atoms with Gasteiger partial charge in [0.2, 0.25) is 0 Å². The van der Waals surface area contributed by atoms with Crippen molar-refractivity contribution < 1.29 is 4.39 Å². The zero-order chi connectivity index (χ0) is 23.9. The smallest absolute Gasteiger partial charge is 0.257 e. The maximum absolute atomic E-state index is 13.5. The number of hydrogen-bond donors (Lipinski definition) is 0. The molecule has 0 fully saturated rings. The van der Waals surface area contributed by atoms with E-state index in [4.69, 9.17) is 0 Å². The molecule has 0 aliphatic rings. The van der Waals surface area contributed by atoms with Crippen LogP contribution in [0.1, 0.15) is 47.7 Å². The molecule has 1 heterocycles. The molecule has 0 atom stereocenters.